The lowest BCUT2D eigenvalue weighted by atomic mass is 10.0. The fraction of sp³-hybridized carbons (Fsp3) is 0.250. The zero-order valence-corrected chi connectivity index (χ0v) is 14.2. The van der Waals surface area contributed by atoms with Gasteiger partial charge in [0.25, 0.3) is 0 Å². The average molecular weight is 316 g/mol. The second-order valence-corrected chi connectivity index (χ2v) is 6.32. The quantitative estimate of drug-likeness (QED) is 0.721. The lowest BCUT2D eigenvalue weighted by Crippen LogP contribution is -2.04. The van der Waals surface area contributed by atoms with Crippen LogP contribution in [0, 0.1) is 18.3 Å². The van der Waals surface area contributed by atoms with Gasteiger partial charge in [-0.3, -0.25) is 0 Å². The molecule has 120 valence electrons. The van der Waals surface area contributed by atoms with E-state index in [0.29, 0.717) is 18.2 Å². The lowest BCUT2D eigenvalue weighted by Gasteiger charge is -2.09. The number of hydrogen-bond acceptors (Lipinski definition) is 3. The van der Waals surface area contributed by atoms with Gasteiger partial charge in [-0.15, -0.1) is 5.10 Å². The van der Waals surface area contributed by atoms with Crippen molar-refractivity contribution in [3.63, 3.8) is 0 Å². The maximum atomic E-state index is 9.35. The van der Waals surface area contributed by atoms with Gasteiger partial charge in [0, 0.05) is 5.56 Å². The van der Waals surface area contributed by atoms with Crippen molar-refractivity contribution in [2.24, 2.45) is 0 Å². The fourth-order valence-corrected chi connectivity index (χ4v) is 2.68. The zero-order chi connectivity index (χ0) is 17.1. The first-order valence-electron chi connectivity index (χ1n) is 8.08. The van der Waals surface area contributed by atoms with Crippen molar-refractivity contribution in [2.45, 2.75) is 33.2 Å². The molecule has 0 saturated heterocycles. The Hall–Kier alpha value is -2.93. The maximum absolute atomic E-state index is 9.35. The summed E-state index contributed by atoms with van der Waals surface area (Å²) in [7, 11) is 0. The third kappa shape index (κ3) is 3.21. The van der Waals surface area contributed by atoms with Crippen LogP contribution in [-0.2, 0) is 6.54 Å². The van der Waals surface area contributed by atoms with Crippen LogP contribution in [0.3, 0.4) is 0 Å². The van der Waals surface area contributed by atoms with E-state index in [1.165, 1.54) is 11.1 Å². The normalized spacial score (nSPS) is 10.8. The predicted octanol–water partition coefficient (Wildman–Crippen LogP) is 4.30. The molecule has 0 fully saturated rings. The third-order valence-electron chi connectivity index (χ3n) is 4.14. The lowest BCUT2D eigenvalue weighted by molar-refractivity contribution is 0.655. The minimum Gasteiger partial charge on any atom is -0.239 e. The highest BCUT2D eigenvalue weighted by Crippen LogP contribution is 2.23. The van der Waals surface area contributed by atoms with Crippen molar-refractivity contribution in [3.05, 3.63) is 70.9 Å². The van der Waals surface area contributed by atoms with Crippen LogP contribution in [0.25, 0.3) is 11.3 Å². The predicted molar refractivity (Wildman–Crippen MR) is 94.5 cm³/mol. The molecule has 0 aliphatic rings. The van der Waals surface area contributed by atoms with E-state index >= 15 is 0 Å². The highest BCUT2D eigenvalue weighted by Gasteiger charge is 2.15. The zero-order valence-electron chi connectivity index (χ0n) is 14.2. The molecule has 0 spiro atoms. The summed E-state index contributed by atoms with van der Waals surface area (Å²) in [5.74, 6) is 0.513. The summed E-state index contributed by atoms with van der Waals surface area (Å²) in [6.45, 7) is 7.00. The first kappa shape index (κ1) is 15.9. The molecule has 0 radical (unpaired) electrons. The van der Waals surface area contributed by atoms with Gasteiger partial charge in [0.15, 0.2) is 5.69 Å². The van der Waals surface area contributed by atoms with Crippen LogP contribution >= 0.6 is 0 Å². The van der Waals surface area contributed by atoms with E-state index in [0.717, 1.165) is 16.8 Å². The van der Waals surface area contributed by atoms with Gasteiger partial charge in [-0.05, 0) is 24.0 Å². The molecule has 0 aliphatic heterocycles. The summed E-state index contributed by atoms with van der Waals surface area (Å²) >= 11 is 0. The molecule has 0 unspecified atom stereocenters. The van der Waals surface area contributed by atoms with E-state index < -0.39 is 0 Å². The number of aromatic nitrogens is 3. The summed E-state index contributed by atoms with van der Waals surface area (Å²) in [5, 5.41) is 17.6. The first-order valence-corrected chi connectivity index (χ1v) is 8.08. The summed E-state index contributed by atoms with van der Waals surface area (Å²) in [6.07, 6.45) is 0. The van der Waals surface area contributed by atoms with E-state index in [-0.39, 0.29) is 0 Å². The molecule has 4 heteroatoms. The molecular formula is C20H20N4. The molecule has 4 nitrogen and oxygen atoms in total. The topological polar surface area (TPSA) is 54.5 Å². The van der Waals surface area contributed by atoms with E-state index in [1.54, 1.807) is 4.68 Å². The summed E-state index contributed by atoms with van der Waals surface area (Å²) < 4.78 is 1.80. The Morgan fingerprint density at radius 1 is 1.04 bits per heavy atom. The van der Waals surface area contributed by atoms with Gasteiger partial charge in [-0.25, -0.2) is 4.68 Å². The van der Waals surface area contributed by atoms with Crippen molar-refractivity contribution in [3.8, 4) is 17.3 Å². The van der Waals surface area contributed by atoms with Crippen LogP contribution in [-0.4, -0.2) is 15.0 Å². The third-order valence-corrected chi connectivity index (χ3v) is 4.14. The highest BCUT2D eigenvalue weighted by atomic mass is 15.4. The van der Waals surface area contributed by atoms with Gasteiger partial charge < -0.3 is 0 Å². The Kier molecular flexibility index (Phi) is 4.43. The van der Waals surface area contributed by atoms with Crippen molar-refractivity contribution >= 4 is 0 Å². The summed E-state index contributed by atoms with van der Waals surface area (Å²) in [4.78, 5) is 0. The molecule has 0 N–H and O–H groups in total. The van der Waals surface area contributed by atoms with E-state index in [9.17, 15) is 5.26 Å². The summed E-state index contributed by atoms with van der Waals surface area (Å²) in [5.41, 5.74) is 5.72. The number of nitriles is 1. The molecule has 3 rings (SSSR count). The van der Waals surface area contributed by atoms with Gasteiger partial charge in [0.05, 0.1) is 6.54 Å². The van der Waals surface area contributed by atoms with Gasteiger partial charge >= 0.3 is 0 Å². The van der Waals surface area contributed by atoms with Crippen molar-refractivity contribution in [1.29, 1.82) is 5.26 Å². The summed E-state index contributed by atoms with van der Waals surface area (Å²) in [6, 6.07) is 18.7. The van der Waals surface area contributed by atoms with E-state index in [1.807, 2.05) is 31.2 Å². The van der Waals surface area contributed by atoms with Crippen LogP contribution < -0.4 is 0 Å². The first-order chi connectivity index (χ1) is 11.6. The molecule has 2 aromatic carbocycles. The number of rotatable bonds is 4. The van der Waals surface area contributed by atoms with Crippen LogP contribution in [0.15, 0.2) is 48.5 Å². The second kappa shape index (κ2) is 6.67. The second-order valence-electron chi connectivity index (χ2n) is 6.32. The van der Waals surface area contributed by atoms with Gasteiger partial charge in [0.1, 0.15) is 11.8 Å². The van der Waals surface area contributed by atoms with Gasteiger partial charge in [-0.1, -0.05) is 73.2 Å². The Bertz CT molecular complexity index is 865. The Labute approximate surface area is 142 Å². The van der Waals surface area contributed by atoms with E-state index in [4.69, 9.17) is 0 Å². The minimum atomic E-state index is 0.359. The number of aryl methyl sites for hydroxylation is 1. The van der Waals surface area contributed by atoms with Gasteiger partial charge in [-0.2, -0.15) is 5.26 Å². The molecule has 1 heterocycles. The Morgan fingerprint density at radius 3 is 2.29 bits per heavy atom. The van der Waals surface area contributed by atoms with Crippen LogP contribution in [0.5, 0.6) is 0 Å². The van der Waals surface area contributed by atoms with Crippen LogP contribution in [0.4, 0.5) is 0 Å². The standard InChI is InChI=1S/C20H20N4/c1-14(2)17-10-6-16(7-11-17)13-24-20(19(12-21)22-23-24)18-8-4-15(3)5-9-18/h4-11,14H,13H2,1-3H3. The Morgan fingerprint density at radius 2 is 1.71 bits per heavy atom. The largest absolute Gasteiger partial charge is 0.239 e. The molecule has 0 atom stereocenters. The van der Waals surface area contributed by atoms with Crippen molar-refractivity contribution in [2.75, 3.05) is 0 Å². The molecule has 0 aliphatic carbocycles. The molecule has 0 saturated carbocycles. The van der Waals surface area contributed by atoms with Gasteiger partial charge in [0.2, 0.25) is 0 Å². The number of benzene rings is 2. The Balaban J connectivity index is 1.95. The smallest absolute Gasteiger partial charge is 0.190 e. The van der Waals surface area contributed by atoms with Crippen LogP contribution in [0.2, 0.25) is 0 Å². The monoisotopic (exact) mass is 316 g/mol. The molecular weight excluding hydrogens is 296 g/mol. The molecule has 24 heavy (non-hydrogen) atoms. The average Bonchev–Trinajstić information content (AvgIpc) is 2.99. The molecule has 0 amide bonds. The number of hydrogen-bond donors (Lipinski definition) is 0. The number of nitrogens with zero attached hydrogens (tertiary/aromatic N) is 4. The molecule has 0 bridgehead atoms. The highest BCUT2D eigenvalue weighted by molar-refractivity contribution is 5.65. The van der Waals surface area contributed by atoms with Crippen molar-refractivity contribution < 1.29 is 0 Å². The molecule has 1 aromatic heterocycles. The van der Waals surface area contributed by atoms with Crippen molar-refractivity contribution in [1.82, 2.24) is 15.0 Å². The fourth-order valence-electron chi connectivity index (χ4n) is 2.68. The maximum Gasteiger partial charge on any atom is 0.190 e. The molecule has 3 aromatic rings. The SMILES string of the molecule is Cc1ccc(-c2c(C#N)nnn2Cc2ccc(C(C)C)cc2)cc1. The van der Waals surface area contributed by atoms with Crippen LogP contribution in [0.1, 0.15) is 42.1 Å². The van der Waals surface area contributed by atoms with E-state index in [2.05, 4.69) is 54.5 Å². The minimum absolute atomic E-state index is 0.359.